The summed E-state index contributed by atoms with van der Waals surface area (Å²) in [5, 5.41) is 8.34. The lowest BCUT2D eigenvalue weighted by Crippen LogP contribution is -2.23. The van der Waals surface area contributed by atoms with Gasteiger partial charge in [-0.05, 0) is 55.6 Å². The van der Waals surface area contributed by atoms with Crippen molar-refractivity contribution in [2.24, 2.45) is 5.14 Å². The van der Waals surface area contributed by atoms with Crippen LogP contribution in [-0.4, -0.2) is 21.4 Å². The second-order valence-corrected chi connectivity index (χ2v) is 14.1. The third kappa shape index (κ3) is 4.54. The van der Waals surface area contributed by atoms with E-state index in [1.807, 2.05) is 65.8 Å². The van der Waals surface area contributed by atoms with Crippen molar-refractivity contribution >= 4 is 41.7 Å². The van der Waals surface area contributed by atoms with Gasteiger partial charge in [-0.1, -0.05) is 90.1 Å². The van der Waals surface area contributed by atoms with Crippen LogP contribution in [0.2, 0.25) is 0 Å². The Morgan fingerprint density at radius 2 is 1.00 bits per heavy atom. The van der Waals surface area contributed by atoms with E-state index in [1.165, 1.54) is 0 Å². The molecule has 4 rings (SSSR count). The fourth-order valence-corrected chi connectivity index (χ4v) is 7.11. The van der Waals surface area contributed by atoms with Gasteiger partial charge in [-0.2, -0.15) is 8.42 Å². The molecule has 0 amide bonds. The summed E-state index contributed by atoms with van der Waals surface area (Å²) in [7, 11) is -9.14. The summed E-state index contributed by atoms with van der Waals surface area (Å²) >= 11 is 0. The van der Waals surface area contributed by atoms with Crippen LogP contribution in [0.1, 0.15) is 52.7 Å². The lowest BCUT2D eigenvalue weighted by molar-refractivity contribution is 0.477. The zero-order chi connectivity index (χ0) is 26.8. The van der Waals surface area contributed by atoms with Crippen LogP contribution < -0.4 is 5.14 Å². The first-order valence-corrected chi connectivity index (χ1v) is 14.5. The highest BCUT2D eigenvalue weighted by Gasteiger charge is 2.35. The van der Waals surface area contributed by atoms with E-state index in [2.05, 4.69) is 0 Å². The van der Waals surface area contributed by atoms with Gasteiger partial charge in [0.25, 0.3) is 10.1 Å². The highest BCUT2D eigenvalue weighted by atomic mass is 32.2. The molecule has 0 heterocycles. The number of hydrogen-bond donors (Lipinski definition) is 2. The molecule has 0 aliphatic heterocycles. The third-order valence-corrected chi connectivity index (χ3v) is 8.34. The first kappa shape index (κ1) is 26.3. The van der Waals surface area contributed by atoms with Crippen molar-refractivity contribution in [3.63, 3.8) is 0 Å². The van der Waals surface area contributed by atoms with Crippen LogP contribution in [0.4, 0.5) is 0 Å². The van der Waals surface area contributed by atoms with E-state index in [0.717, 1.165) is 10.8 Å². The van der Waals surface area contributed by atoms with Crippen molar-refractivity contribution in [2.45, 2.75) is 62.2 Å². The molecule has 36 heavy (non-hydrogen) atoms. The maximum absolute atomic E-state index is 13.3. The average molecular weight is 526 g/mol. The Labute approximate surface area is 213 Å². The molecule has 0 aliphatic carbocycles. The van der Waals surface area contributed by atoms with E-state index >= 15 is 0 Å². The summed E-state index contributed by atoms with van der Waals surface area (Å²) < 4.78 is 63.4. The largest absolute Gasteiger partial charge is 0.295 e. The van der Waals surface area contributed by atoms with Crippen LogP contribution in [0.15, 0.2) is 70.5 Å². The van der Waals surface area contributed by atoms with E-state index in [-0.39, 0.29) is 20.9 Å². The minimum atomic E-state index is -4.80. The van der Waals surface area contributed by atoms with Gasteiger partial charge >= 0.3 is 0 Å². The quantitative estimate of drug-likeness (QED) is 0.311. The highest BCUT2D eigenvalue weighted by Crippen LogP contribution is 2.48. The maximum Gasteiger partial charge on any atom is 0.295 e. The van der Waals surface area contributed by atoms with E-state index in [9.17, 15) is 21.4 Å². The standard InChI is InChI=1S/C28H31NO5S2/c1-27(2,3)21-15-17-11-7-9-13-19(17)23(25(21)35(29,30)31)24-20-14-10-8-12-18(20)16-22(28(4,5)6)26(24)36(32,33)34/h7-16H,1-6H3,(H2,29,30,31)(H,32,33,34). The molecule has 0 aliphatic rings. The predicted octanol–water partition coefficient (Wildman–Crippen LogP) is 6.15. The van der Waals surface area contributed by atoms with Gasteiger partial charge in [0.2, 0.25) is 10.0 Å². The van der Waals surface area contributed by atoms with Gasteiger partial charge in [0, 0.05) is 11.1 Å². The predicted molar refractivity (Wildman–Crippen MR) is 145 cm³/mol. The first-order chi connectivity index (χ1) is 16.4. The summed E-state index contributed by atoms with van der Waals surface area (Å²) in [5.41, 5.74) is -0.184. The number of benzene rings is 4. The molecule has 8 heteroatoms. The fourth-order valence-electron chi connectivity index (χ4n) is 4.83. The van der Waals surface area contributed by atoms with E-state index in [4.69, 9.17) is 5.14 Å². The van der Waals surface area contributed by atoms with Crippen LogP contribution in [0, 0.1) is 0 Å². The Hall–Kier alpha value is -2.78. The molecule has 4 aromatic carbocycles. The molecule has 6 nitrogen and oxygen atoms in total. The van der Waals surface area contributed by atoms with Crippen molar-refractivity contribution < 1.29 is 21.4 Å². The van der Waals surface area contributed by atoms with Crippen LogP contribution in [0.5, 0.6) is 0 Å². The number of fused-ring (bicyclic) bond motifs is 2. The molecule has 0 saturated carbocycles. The van der Waals surface area contributed by atoms with Gasteiger partial charge in [0.1, 0.15) is 4.90 Å². The molecule has 0 unspecified atom stereocenters. The van der Waals surface area contributed by atoms with Crippen molar-refractivity contribution in [2.75, 3.05) is 0 Å². The van der Waals surface area contributed by atoms with E-state index in [1.54, 1.807) is 36.4 Å². The first-order valence-electron chi connectivity index (χ1n) is 11.6. The van der Waals surface area contributed by atoms with E-state index < -0.39 is 31.0 Å². The Bertz CT molecular complexity index is 1610. The zero-order valence-corrected chi connectivity index (χ0v) is 22.9. The maximum atomic E-state index is 13.3. The number of hydrogen-bond acceptors (Lipinski definition) is 4. The average Bonchev–Trinajstić information content (AvgIpc) is 2.74. The lowest BCUT2D eigenvalue weighted by atomic mass is 9.80. The molecule has 0 aromatic heterocycles. The molecule has 4 aromatic rings. The second-order valence-electron chi connectivity index (χ2n) is 11.2. The summed E-state index contributed by atoms with van der Waals surface area (Å²) in [6, 6.07) is 17.9. The molecule has 0 spiro atoms. The molecular formula is C28H31NO5S2. The van der Waals surface area contributed by atoms with Crippen molar-refractivity contribution in [1.29, 1.82) is 0 Å². The molecule has 0 bridgehead atoms. The summed E-state index contributed by atoms with van der Waals surface area (Å²) in [4.78, 5) is -0.454. The van der Waals surface area contributed by atoms with Gasteiger partial charge in [0.05, 0.1) is 4.90 Å². The molecule has 3 N–H and O–H groups in total. The number of nitrogens with two attached hydrogens (primary N) is 1. The Morgan fingerprint density at radius 3 is 1.36 bits per heavy atom. The Morgan fingerprint density at radius 1 is 0.639 bits per heavy atom. The van der Waals surface area contributed by atoms with Gasteiger partial charge < -0.3 is 0 Å². The number of rotatable bonds is 3. The highest BCUT2D eigenvalue weighted by molar-refractivity contribution is 7.89. The SMILES string of the molecule is CC(C)(C)c1cc2ccccc2c(-c2c(S(=O)(=O)O)c(C(C)(C)C)cc3ccccc23)c1S(N)(=O)=O. The van der Waals surface area contributed by atoms with Crippen molar-refractivity contribution in [3.05, 3.63) is 71.8 Å². The third-order valence-electron chi connectivity index (χ3n) is 6.41. The van der Waals surface area contributed by atoms with Gasteiger partial charge in [-0.15, -0.1) is 0 Å². The van der Waals surface area contributed by atoms with Gasteiger partial charge in [-0.25, -0.2) is 13.6 Å². The molecule has 190 valence electrons. The normalized spacial score (nSPS) is 13.4. The summed E-state index contributed by atoms with van der Waals surface area (Å²) in [5.74, 6) is 0. The zero-order valence-electron chi connectivity index (χ0n) is 21.2. The minimum Gasteiger partial charge on any atom is -0.282 e. The van der Waals surface area contributed by atoms with E-state index in [0.29, 0.717) is 21.9 Å². The molecule has 0 atom stereocenters. The monoisotopic (exact) mass is 525 g/mol. The molecule has 0 saturated heterocycles. The summed E-state index contributed by atoms with van der Waals surface area (Å²) in [6.45, 7) is 11.2. The molecular weight excluding hydrogens is 494 g/mol. The van der Waals surface area contributed by atoms with Gasteiger partial charge in [-0.3, -0.25) is 4.55 Å². The Kier molecular flexibility index (Phi) is 6.12. The van der Waals surface area contributed by atoms with Crippen LogP contribution >= 0.6 is 0 Å². The molecule has 0 radical (unpaired) electrons. The second kappa shape index (κ2) is 8.38. The Balaban J connectivity index is 2.49. The smallest absolute Gasteiger partial charge is 0.282 e. The number of primary sulfonamides is 1. The lowest BCUT2D eigenvalue weighted by Gasteiger charge is -2.29. The molecule has 0 fully saturated rings. The summed E-state index contributed by atoms with van der Waals surface area (Å²) in [6.07, 6.45) is 0. The van der Waals surface area contributed by atoms with Crippen LogP contribution in [-0.2, 0) is 31.0 Å². The topological polar surface area (TPSA) is 115 Å². The van der Waals surface area contributed by atoms with Crippen LogP contribution in [0.3, 0.4) is 0 Å². The fraction of sp³-hybridized carbons (Fsp3) is 0.286. The van der Waals surface area contributed by atoms with Crippen LogP contribution in [0.25, 0.3) is 32.7 Å². The number of sulfonamides is 1. The van der Waals surface area contributed by atoms with Crippen molar-refractivity contribution in [1.82, 2.24) is 0 Å². The van der Waals surface area contributed by atoms with Crippen molar-refractivity contribution in [3.8, 4) is 11.1 Å². The minimum absolute atomic E-state index is 0.131. The van der Waals surface area contributed by atoms with Gasteiger partial charge in [0.15, 0.2) is 0 Å².